The molecule has 1 heterocycles. The second kappa shape index (κ2) is 7.56. The lowest BCUT2D eigenvalue weighted by Crippen LogP contribution is -2.17. The molecule has 1 fully saturated rings. The fourth-order valence-electron chi connectivity index (χ4n) is 2.07. The minimum atomic E-state index is -2.90. The summed E-state index contributed by atoms with van der Waals surface area (Å²) in [6.45, 7) is 0.170. The van der Waals surface area contributed by atoms with Gasteiger partial charge in [-0.05, 0) is 18.6 Å². The topological polar surface area (TPSA) is 72.5 Å². The largest absolute Gasteiger partial charge is 0.481 e. The molecule has 1 aliphatic heterocycles. The van der Waals surface area contributed by atoms with Gasteiger partial charge in [-0.3, -0.25) is 4.79 Å². The number of amides is 1. The highest BCUT2D eigenvalue weighted by atomic mass is 32.2. The molecule has 5 nitrogen and oxygen atoms in total. The summed E-state index contributed by atoms with van der Waals surface area (Å²) in [5.41, 5.74) is 0.624. The van der Waals surface area contributed by atoms with E-state index in [-0.39, 0.29) is 35.0 Å². The smallest absolute Gasteiger partial charge is 0.234 e. The number of hydrogen-bond acceptors (Lipinski definition) is 5. The molecule has 0 saturated carbocycles. The molecule has 0 spiro atoms. The minimum Gasteiger partial charge on any atom is -0.481 e. The van der Waals surface area contributed by atoms with E-state index in [1.807, 2.05) is 0 Å². The molecule has 7 heteroatoms. The Morgan fingerprint density at radius 1 is 1.50 bits per heavy atom. The molecule has 118 valence electrons. The molecule has 1 N–H and O–H groups in total. The summed E-state index contributed by atoms with van der Waals surface area (Å²) in [5.74, 6) is 3.42. The molecule has 1 aromatic carbocycles. The number of thioether (sulfide) groups is 1. The predicted molar refractivity (Wildman–Crippen MR) is 88.9 cm³/mol. The van der Waals surface area contributed by atoms with Gasteiger partial charge in [-0.1, -0.05) is 12.0 Å². The summed E-state index contributed by atoms with van der Waals surface area (Å²) in [6.07, 6.45) is 5.74. The first-order valence-corrected chi connectivity index (χ1v) is 9.64. The van der Waals surface area contributed by atoms with E-state index >= 15 is 0 Å². The highest BCUT2D eigenvalue weighted by Gasteiger charge is 2.28. The number of benzene rings is 1. The van der Waals surface area contributed by atoms with Gasteiger partial charge in [0.15, 0.2) is 9.84 Å². The molecule has 1 aliphatic rings. The Bertz CT molecular complexity index is 679. The van der Waals surface area contributed by atoms with E-state index in [0.717, 1.165) is 0 Å². The van der Waals surface area contributed by atoms with E-state index in [1.54, 1.807) is 24.3 Å². The number of terminal acetylenes is 1. The first-order chi connectivity index (χ1) is 10.5. The first kappa shape index (κ1) is 16.7. The maximum Gasteiger partial charge on any atom is 0.234 e. The van der Waals surface area contributed by atoms with Crippen LogP contribution in [0.15, 0.2) is 24.3 Å². The maximum absolute atomic E-state index is 11.9. The third kappa shape index (κ3) is 5.28. The average Bonchev–Trinajstić information content (AvgIpc) is 2.83. The van der Waals surface area contributed by atoms with Crippen LogP contribution >= 0.6 is 11.8 Å². The summed E-state index contributed by atoms with van der Waals surface area (Å²) in [7, 11) is -2.90. The summed E-state index contributed by atoms with van der Waals surface area (Å²) in [5, 5.41) is 2.78. The number of carbonyl (C=O) groups is 1. The van der Waals surface area contributed by atoms with Gasteiger partial charge >= 0.3 is 0 Å². The molecule has 0 bridgehead atoms. The Labute approximate surface area is 134 Å². The Morgan fingerprint density at radius 3 is 3.00 bits per heavy atom. The van der Waals surface area contributed by atoms with Gasteiger partial charge in [0.1, 0.15) is 12.4 Å². The normalized spacial score (nSPS) is 19.3. The number of anilines is 1. The van der Waals surface area contributed by atoms with Gasteiger partial charge in [0.2, 0.25) is 5.91 Å². The van der Waals surface area contributed by atoms with Crippen molar-refractivity contribution in [2.75, 3.05) is 29.2 Å². The molecule has 0 aromatic heterocycles. The fraction of sp³-hybridized carbons (Fsp3) is 0.400. The molecule has 1 amide bonds. The lowest BCUT2D eigenvalue weighted by molar-refractivity contribution is -0.113. The SMILES string of the molecule is C#CCOc1cccc(NC(=O)CSC2CCS(=O)(=O)C2)c1. The van der Waals surface area contributed by atoms with Gasteiger partial charge in [0.05, 0.1) is 17.3 Å². The molecule has 2 rings (SSSR count). The van der Waals surface area contributed by atoms with Crippen molar-refractivity contribution in [3.8, 4) is 18.1 Å². The molecule has 22 heavy (non-hydrogen) atoms. The maximum atomic E-state index is 11.9. The van der Waals surface area contributed by atoms with Crippen molar-refractivity contribution >= 4 is 33.2 Å². The van der Waals surface area contributed by atoms with Crippen LogP contribution in [-0.2, 0) is 14.6 Å². The van der Waals surface area contributed by atoms with Crippen molar-refractivity contribution in [2.45, 2.75) is 11.7 Å². The highest BCUT2D eigenvalue weighted by Crippen LogP contribution is 2.24. The van der Waals surface area contributed by atoms with Gasteiger partial charge < -0.3 is 10.1 Å². The molecule has 1 aromatic rings. The Morgan fingerprint density at radius 2 is 2.32 bits per heavy atom. The van der Waals surface area contributed by atoms with Crippen LogP contribution in [0.2, 0.25) is 0 Å². The molecule has 1 atom stereocenters. The summed E-state index contributed by atoms with van der Waals surface area (Å²) >= 11 is 1.38. The predicted octanol–water partition coefficient (Wildman–Crippen LogP) is 1.56. The zero-order chi connectivity index (χ0) is 16.0. The summed E-state index contributed by atoms with van der Waals surface area (Å²) in [4.78, 5) is 11.9. The van der Waals surface area contributed by atoms with Crippen LogP contribution in [0.25, 0.3) is 0 Å². The molecule has 1 unspecified atom stereocenters. The zero-order valence-electron chi connectivity index (χ0n) is 11.9. The van der Waals surface area contributed by atoms with Crippen LogP contribution in [0.5, 0.6) is 5.75 Å². The fourth-order valence-corrected chi connectivity index (χ4v) is 5.51. The van der Waals surface area contributed by atoms with Gasteiger partial charge in [-0.25, -0.2) is 8.42 Å². The second-order valence-electron chi connectivity index (χ2n) is 4.90. The van der Waals surface area contributed by atoms with Crippen LogP contribution < -0.4 is 10.1 Å². The summed E-state index contributed by atoms with van der Waals surface area (Å²) < 4.78 is 28.0. The van der Waals surface area contributed by atoms with Gasteiger partial charge in [-0.15, -0.1) is 18.2 Å². The van der Waals surface area contributed by atoms with Crippen LogP contribution in [0.4, 0.5) is 5.69 Å². The van der Waals surface area contributed by atoms with E-state index in [9.17, 15) is 13.2 Å². The van der Waals surface area contributed by atoms with Crippen LogP contribution in [-0.4, -0.2) is 43.4 Å². The number of carbonyl (C=O) groups excluding carboxylic acids is 1. The lowest BCUT2D eigenvalue weighted by Gasteiger charge is -2.09. The van der Waals surface area contributed by atoms with Crippen LogP contribution in [0, 0.1) is 12.3 Å². The number of sulfone groups is 1. The number of ether oxygens (including phenoxy) is 1. The standard InChI is InChI=1S/C15H17NO4S2/c1-2-7-20-13-5-3-4-12(9-13)16-15(17)10-21-14-6-8-22(18,19)11-14/h1,3-5,9,14H,6-8,10-11H2,(H,16,17). The third-order valence-corrected chi connectivity index (χ3v) is 6.36. The van der Waals surface area contributed by atoms with Gasteiger partial charge in [0, 0.05) is 17.0 Å². The van der Waals surface area contributed by atoms with Crippen LogP contribution in [0.1, 0.15) is 6.42 Å². The van der Waals surface area contributed by atoms with Gasteiger partial charge in [-0.2, -0.15) is 0 Å². The van der Waals surface area contributed by atoms with Crippen molar-refractivity contribution in [3.63, 3.8) is 0 Å². The average molecular weight is 339 g/mol. The molecule has 0 aliphatic carbocycles. The van der Waals surface area contributed by atoms with Crippen molar-refractivity contribution in [3.05, 3.63) is 24.3 Å². The Kier molecular flexibility index (Phi) is 5.75. The Hall–Kier alpha value is -1.65. The molecule has 1 saturated heterocycles. The van der Waals surface area contributed by atoms with Gasteiger partial charge in [0.25, 0.3) is 0 Å². The van der Waals surface area contributed by atoms with E-state index in [4.69, 9.17) is 11.2 Å². The number of hydrogen-bond donors (Lipinski definition) is 1. The van der Waals surface area contributed by atoms with E-state index in [0.29, 0.717) is 17.9 Å². The Balaban J connectivity index is 1.81. The zero-order valence-corrected chi connectivity index (χ0v) is 13.6. The van der Waals surface area contributed by atoms with E-state index < -0.39 is 9.84 Å². The van der Waals surface area contributed by atoms with Crippen molar-refractivity contribution < 1.29 is 17.9 Å². The van der Waals surface area contributed by atoms with Crippen LogP contribution in [0.3, 0.4) is 0 Å². The minimum absolute atomic E-state index is 0.0149. The summed E-state index contributed by atoms with van der Waals surface area (Å²) in [6, 6.07) is 6.97. The van der Waals surface area contributed by atoms with Crippen molar-refractivity contribution in [2.24, 2.45) is 0 Å². The monoisotopic (exact) mass is 339 g/mol. The number of nitrogens with one attached hydrogen (secondary N) is 1. The van der Waals surface area contributed by atoms with Crippen molar-refractivity contribution in [1.29, 1.82) is 0 Å². The highest BCUT2D eigenvalue weighted by molar-refractivity contribution is 8.02. The quantitative estimate of drug-likeness (QED) is 0.796. The lowest BCUT2D eigenvalue weighted by atomic mass is 10.3. The number of rotatable bonds is 6. The molecular weight excluding hydrogens is 322 g/mol. The van der Waals surface area contributed by atoms with Crippen molar-refractivity contribution in [1.82, 2.24) is 0 Å². The van der Waals surface area contributed by atoms with E-state index in [1.165, 1.54) is 11.8 Å². The van der Waals surface area contributed by atoms with E-state index in [2.05, 4.69) is 11.2 Å². The molecule has 0 radical (unpaired) electrons. The third-order valence-electron chi connectivity index (χ3n) is 3.08. The second-order valence-corrected chi connectivity index (χ2v) is 8.42. The molecular formula is C15H17NO4S2. The first-order valence-electron chi connectivity index (χ1n) is 6.77.